The van der Waals surface area contributed by atoms with Gasteiger partial charge in [-0.1, -0.05) is 22.9 Å². The predicted molar refractivity (Wildman–Crippen MR) is 82.0 cm³/mol. The lowest BCUT2D eigenvalue weighted by Gasteiger charge is -2.11. The highest BCUT2D eigenvalue weighted by Gasteiger charge is 2.06. The fourth-order valence-corrected chi connectivity index (χ4v) is 2.15. The molecule has 0 saturated heterocycles. The zero-order valence-corrected chi connectivity index (χ0v) is 13.0. The summed E-state index contributed by atoms with van der Waals surface area (Å²) < 4.78 is 0.981. The molecule has 5 nitrogen and oxygen atoms in total. The van der Waals surface area contributed by atoms with Crippen LogP contribution in [0.1, 0.15) is 31.7 Å². The second-order valence-corrected chi connectivity index (χ2v) is 5.30. The van der Waals surface area contributed by atoms with Crippen LogP contribution in [0.15, 0.2) is 22.7 Å². The first-order valence-electron chi connectivity index (χ1n) is 6.58. The first-order valence-corrected chi connectivity index (χ1v) is 7.37. The van der Waals surface area contributed by atoms with E-state index in [1.54, 1.807) is 0 Å². The molecule has 0 saturated carbocycles. The number of carboxylic acids is 1. The SMILES string of the molecule is CCc1cc(Br)ccc1NC(=O)NCCCCC(=O)O. The maximum absolute atomic E-state index is 11.7. The molecule has 0 aromatic heterocycles. The molecule has 110 valence electrons. The van der Waals surface area contributed by atoms with E-state index in [0.717, 1.165) is 22.1 Å². The third-order valence-electron chi connectivity index (χ3n) is 2.80. The number of hydrogen-bond donors (Lipinski definition) is 3. The lowest BCUT2D eigenvalue weighted by molar-refractivity contribution is -0.137. The molecule has 1 aromatic carbocycles. The van der Waals surface area contributed by atoms with Gasteiger partial charge < -0.3 is 15.7 Å². The number of halogens is 1. The summed E-state index contributed by atoms with van der Waals surface area (Å²) in [7, 11) is 0. The van der Waals surface area contributed by atoms with Crippen LogP contribution in [0.5, 0.6) is 0 Å². The molecule has 0 aliphatic heterocycles. The first kappa shape index (κ1) is 16.5. The molecule has 0 aliphatic rings. The second-order valence-electron chi connectivity index (χ2n) is 4.39. The van der Waals surface area contributed by atoms with E-state index in [0.29, 0.717) is 19.4 Å². The van der Waals surface area contributed by atoms with Crippen LogP contribution in [0.3, 0.4) is 0 Å². The van der Waals surface area contributed by atoms with Crippen LogP contribution in [0, 0.1) is 0 Å². The van der Waals surface area contributed by atoms with Crippen molar-refractivity contribution in [3.05, 3.63) is 28.2 Å². The van der Waals surface area contributed by atoms with Gasteiger partial charge in [0.25, 0.3) is 0 Å². The number of urea groups is 1. The van der Waals surface area contributed by atoms with E-state index in [1.807, 2.05) is 25.1 Å². The third-order valence-corrected chi connectivity index (χ3v) is 3.29. The fourth-order valence-electron chi connectivity index (χ4n) is 1.75. The Balaban J connectivity index is 2.37. The number of carbonyl (C=O) groups is 2. The summed E-state index contributed by atoms with van der Waals surface area (Å²) in [6.45, 7) is 2.49. The molecule has 0 atom stereocenters. The van der Waals surface area contributed by atoms with E-state index in [4.69, 9.17) is 5.11 Å². The van der Waals surface area contributed by atoms with Crippen molar-refractivity contribution in [2.24, 2.45) is 0 Å². The number of carbonyl (C=O) groups excluding carboxylic acids is 1. The number of benzene rings is 1. The monoisotopic (exact) mass is 342 g/mol. The van der Waals surface area contributed by atoms with E-state index in [9.17, 15) is 9.59 Å². The highest BCUT2D eigenvalue weighted by Crippen LogP contribution is 2.21. The van der Waals surface area contributed by atoms with Gasteiger partial charge in [0.2, 0.25) is 0 Å². The third kappa shape index (κ3) is 6.06. The van der Waals surface area contributed by atoms with Gasteiger partial charge in [0, 0.05) is 23.1 Å². The van der Waals surface area contributed by atoms with Gasteiger partial charge in [0.15, 0.2) is 0 Å². The van der Waals surface area contributed by atoms with Gasteiger partial charge in [-0.3, -0.25) is 4.79 Å². The lowest BCUT2D eigenvalue weighted by Crippen LogP contribution is -2.29. The van der Waals surface area contributed by atoms with E-state index in [2.05, 4.69) is 26.6 Å². The van der Waals surface area contributed by atoms with Crippen molar-refractivity contribution in [2.75, 3.05) is 11.9 Å². The van der Waals surface area contributed by atoms with Crippen LogP contribution < -0.4 is 10.6 Å². The minimum absolute atomic E-state index is 0.135. The van der Waals surface area contributed by atoms with Crippen LogP contribution in [0.25, 0.3) is 0 Å². The van der Waals surface area contributed by atoms with E-state index in [-0.39, 0.29) is 12.5 Å². The Labute approximate surface area is 126 Å². The van der Waals surface area contributed by atoms with Gasteiger partial charge in [-0.15, -0.1) is 0 Å². The van der Waals surface area contributed by atoms with Crippen LogP contribution in [-0.4, -0.2) is 23.7 Å². The van der Waals surface area contributed by atoms with E-state index in [1.165, 1.54) is 0 Å². The summed E-state index contributed by atoms with van der Waals surface area (Å²) in [6, 6.07) is 5.44. The molecular formula is C14H19BrN2O3. The topological polar surface area (TPSA) is 78.4 Å². The first-order chi connectivity index (χ1) is 9.52. The smallest absolute Gasteiger partial charge is 0.319 e. The summed E-state index contributed by atoms with van der Waals surface area (Å²) in [6.07, 6.45) is 2.18. The molecule has 0 fully saturated rings. The van der Waals surface area contributed by atoms with Crippen molar-refractivity contribution in [2.45, 2.75) is 32.6 Å². The van der Waals surface area contributed by atoms with Gasteiger partial charge in [-0.05, 0) is 43.0 Å². The number of unbranched alkanes of at least 4 members (excludes halogenated alkanes) is 1. The Morgan fingerprint density at radius 3 is 2.70 bits per heavy atom. The van der Waals surface area contributed by atoms with Gasteiger partial charge in [0.05, 0.1) is 0 Å². The standard InChI is InChI=1S/C14H19BrN2O3/c1-2-10-9-11(15)6-7-12(10)17-14(20)16-8-4-3-5-13(18)19/h6-7,9H,2-5,8H2,1H3,(H,18,19)(H2,16,17,20). The van der Waals surface area contributed by atoms with Gasteiger partial charge in [-0.25, -0.2) is 4.79 Å². The summed E-state index contributed by atoms with van der Waals surface area (Å²) >= 11 is 3.40. The predicted octanol–water partition coefficient (Wildman–Crippen LogP) is 3.39. The van der Waals surface area contributed by atoms with Crippen molar-refractivity contribution >= 4 is 33.6 Å². The Morgan fingerprint density at radius 1 is 1.30 bits per heavy atom. The number of rotatable bonds is 7. The van der Waals surface area contributed by atoms with E-state index >= 15 is 0 Å². The minimum Gasteiger partial charge on any atom is -0.481 e. The number of carboxylic acid groups (broad SMARTS) is 1. The molecule has 1 rings (SSSR count). The summed E-state index contributed by atoms with van der Waals surface area (Å²) in [4.78, 5) is 22.0. The van der Waals surface area contributed by atoms with Crippen molar-refractivity contribution < 1.29 is 14.7 Å². The highest BCUT2D eigenvalue weighted by atomic mass is 79.9. The number of aryl methyl sites for hydroxylation is 1. The molecule has 20 heavy (non-hydrogen) atoms. The van der Waals surface area contributed by atoms with Crippen LogP contribution in [0.4, 0.5) is 10.5 Å². The molecule has 2 amide bonds. The average molecular weight is 343 g/mol. The molecule has 0 bridgehead atoms. The highest BCUT2D eigenvalue weighted by molar-refractivity contribution is 9.10. The summed E-state index contributed by atoms with van der Waals surface area (Å²) in [5, 5.41) is 14.0. The summed E-state index contributed by atoms with van der Waals surface area (Å²) in [5.74, 6) is -0.808. The van der Waals surface area contributed by atoms with Gasteiger partial charge in [-0.2, -0.15) is 0 Å². The Morgan fingerprint density at radius 2 is 2.05 bits per heavy atom. The normalized spacial score (nSPS) is 10.1. The largest absolute Gasteiger partial charge is 0.481 e. The van der Waals surface area contributed by atoms with E-state index < -0.39 is 5.97 Å². The van der Waals surface area contributed by atoms with Gasteiger partial charge in [0.1, 0.15) is 0 Å². The van der Waals surface area contributed by atoms with Gasteiger partial charge >= 0.3 is 12.0 Å². The molecule has 3 N–H and O–H groups in total. The van der Waals surface area contributed by atoms with Crippen molar-refractivity contribution in [1.82, 2.24) is 5.32 Å². The number of anilines is 1. The quantitative estimate of drug-likeness (QED) is 0.664. The number of nitrogens with one attached hydrogen (secondary N) is 2. The Hall–Kier alpha value is -1.56. The van der Waals surface area contributed by atoms with Crippen LogP contribution >= 0.6 is 15.9 Å². The molecular weight excluding hydrogens is 324 g/mol. The zero-order chi connectivity index (χ0) is 15.0. The molecule has 0 spiro atoms. The number of hydrogen-bond acceptors (Lipinski definition) is 2. The second kappa shape index (κ2) is 8.58. The van der Waals surface area contributed by atoms with Crippen molar-refractivity contribution in [3.63, 3.8) is 0 Å². The minimum atomic E-state index is -0.808. The fraction of sp³-hybridized carbons (Fsp3) is 0.429. The Bertz CT molecular complexity index is 477. The molecule has 0 heterocycles. The Kier molecular flexibility index (Phi) is 7.08. The molecule has 0 radical (unpaired) electrons. The number of aliphatic carboxylic acids is 1. The number of amides is 2. The molecule has 0 unspecified atom stereocenters. The summed E-state index contributed by atoms with van der Waals surface area (Å²) in [5.41, 5.74) is 1.85. The molecule has 6 heteroatoms. The van der Waals surface area contributed by atoms with Crippen LogP contribution in [-0.2, 0) is 11.2 Å². The van der Waals surface area contributed by atoms with Crippen molar-refractivity contribution in [1.29, 1.82) is 0 Å². The van der Waals surface area contributed by atoms with Crippen LogP contribution in [0.2, 0.25) is 0 Å². The zero-order valence-electron chi connectivity index (χ0n) is 11.4. The van der Waals surface area contributed by atoms with Crippen molar-refractivity contribution in [3.8, 4) is 0 Å². The lowest BCUT2D eigenvalue weighted by atomic mass is 10.1. The molecule has 1 aromatic rings. The molecule has 0 aliphatic carbocycles. The maximum atomic E-state index is 11.7. The average Bonchev–Trinajstić information content (AvgIpc) is 2.40. The maximum Gasteiger partial charge on any atom is 0.319 e.